The first-order valence-corrected chi connectivity index (χ1v) is 25.8. The van der Waals surface area contributed by atoms with Crippen molar-refractivity contribution in [3.63, 3.8) is 0 Å². The molecule has 2 aliphatic heterocycles. The van der Waals surface area contributed by atoms with Gasteiger partial charge >= 0.3 is 0 Å². The minimum Gasteiger partial charge on any atom is -0.482 e. The maximum Gasteiger partial charge on any atom is 0.260 e. The van der Waals surface area contributed by atoms with Gasteiger partial charge < -0.3 is 60.8 Å². The Morgan fingerprint density at radius 2 is 1.76 bits per heavy atom. The summed E-state index contributed by atoms with van der Waals surface area (Å²) in [4.78, 5) is 81.6. The second-order valence-electron chi connectivity index (χ2n) is 20.5. The molecule has 20 nitrogen and oxygen atoms in total. The van der Waals surface area contributed by atoms with Crippen molar-refractivity contribution in [2.24, 2.45) is 5.41 Å². The number of likely N-dealkylation sites (tertiary alicyclic amines) is 1. The van der Waals surface area contributed by atoms with Crippen molar-refractivity contribution < 1.29 is 38.2 Å². The summed E-state index contributed by atoms with van der Waals surface area (Å²) in [5.74, 6) is -0.536. The monoisotopic (exact) mass is 1030 g/mol. The van der Waals surface area contributed by atoms with Crippen LogP contribution in [-0.4, -0.2) is 150 Å². The van der Waals surface area contributed by atoms with E-state index in [9.17, 15) is 24.0 Å². The highest BCUT2D eigenvalue weighted by Gasteiger charge is 2.45. The van der Waals surface area contributed by atoms with Crippen LogP contribution in [0.1, 0.15) is 106 Å². The van der Waals surface area contributed by atoms with E-state index in [4.69, 9.17) is 31.6 Å². The van der Waals surface area contributed by atoms with E-state index in [1.54, 1.807) is 65.8 Å². The molecule has 0 radical (unpaired) electrons. The van der Waals surface area contributed by atoms with Crippen LogP contribution < -0.4 is 31.7 Å². The SMILES string of the molecule is [C-]#[N+]c1c2c(nn1CCN(C)C(=O)CCOCCOCCN[C@H]1C[C@@H](C(=O)N[C@H](CC)c3ccccc3)N(C(=O)[C@@H](NC(=O)[C@H](C)NC)C(C)(C)C)C1)CN(C)C(=O)c1ccc(C)cc1[C@@H](C)Oc1cc-2cnc1N. The number of aromatic nitrogens is 3. The minimum absolute atomic E-state index is 0.105. The van der Waals surface area contributed by atoms with Gasteiger partial charge in [0.1, 0.15) is 30.4 Å². The predicted molar refractivity (Wildman–Crippen MR) is 285 cm³/mol. The zero-order chi connectivity index (χ0) is 54.6. The smallest absolute Gasteiger partial charge is 0.260 e. The lowest BCUT2D eigenvalue weighted by Crippen LogP contribution is -2.59. The molecule has 2 aromatic heterocycles. The van der Waals surface area contributed by atoms with Crippen molar-refractivity contribution in [1.29, 1.82) is 0 Å². The molecular formula is C55H76N12O8. The molecular weight excluding hydrogens is 957 g/mol. The van der Waals surface area contributed by atoms with Gasteiger partial charge in [-0.05, 0) is 69.3 Å². The van der Waals surface area contributed by atoms with E-state index in [0.29, 0.717) is 59.7 Å². The van der Waals surface area contributed by atoms with Gasteiger partial charge in [-0.15, -0.1) is 5.10 Å². The second kappa shape index (κ2) is 26.0. The Morgan fingerprint density at radius 1 is 1.04 bits per heavy atom. The molecule has 20 heteroatoms. The molecule has 0 unspecified atom stereocenters. The number of nitrogen functional groups attached to an aromatic ring is 1. The molecule has 6 N–H and O–H groups in total. The number of hydrogen-bond acceptors (Lipinski definition) is 13. The van der Waals surface area contributed by atoms with Gasteiger partial charge in [0, 0.05) is 56.1 Å². The van der Waals surface area contributed by atoms with Crippen LogP contribution in [0.3, 0.4) is 0 Å². The summed E-state index contributed by atoms with van der Waals surface area (Å²) in [6.07, 6.45) is 2.21. The Balaban J connectivity index is 0.985. The van der Waals surface area contributed by atoms with Gasteiger partial charge in [0.05, 0.1) is 58.0 Å². The van der Waals surface area contributed by atoms with E-state index in [1.165, 1.54) is 0 Å². The van der Waals surface area contributed by atoms with Crippen LogP contribution in [0.15, 0.2) is 60.8 Å². The summed E-state index contributed by atoms with van der Waals surface area (Å²) in [5.41, 5.74) is 10.3. The summed E-state index contributed by atoms with van der Waals surface area (Å²) >= 11 is 0. The van der Waals surface area contributed by atoms with Crippen molar-refractivity contribution in [3.8, 4) is 16.9 Å². The minimum atomic E-state index is -0.869. The molecule has 4 heterocycles. The molecule has 0 saturated carbocycles. The number of amides is 5. The maximum atomic E-state index is 14.4. The van der Waals surface area contributed by atoms with Crippen molar-refractivity contribution in [3.05, 3.63) is 100 Å². The van der Waals surface area contributed by atoms with Crippen molar-refractivity contribution in [1.82, 2.24) is 50.7 Å². The van der Waals surface area contributed by atoms with E-state index < -0.39 is 29.6 Å². The average Bonchev–Trinajstić information content (AvgIpc) is 3.98. The lowest BCUT2D eigenvalue weighted by Gasteiger charge is -2.36. The molecule has 1 saturated heterocycles. The number of nitrogens with zero attached hydrogens (tertiary/aromatic N) is 7. The topological polar surface area (TPSA) is 232 Å². The number of fused-ring (bicyclic) bond motifs is 5. The second-order valence-corrected chi connectivity index (χ2v) is 20.5. The standard InChI is InChI=1S/C55H76N12O8/c1-12-42(37-16-14-13-15-17-37)61-52(70)44-30-39(32-66(44)54(72)48(55(5,6)7)62-51(69)35(3)57-8)59-21-25-74-27-26-73-24-20-46(68)64(10)22-23-67-50(58-9)47-38-29-45(49(56)60-31-38)75-36(4)41-28-34(2)18-19-40(41)53(71)65(11)33-43(47)63-67/h13-19,28-29,31,35-36,39,42,44,48,57,59H,12,20-27,30,32-33H2,1-8,10-11H3,(H2,56,60)(H,61,70)(H,62,69)/t35-,36+,39-,42+,44-,48+/m0/s1. The first-order chi connectivity index (χ1) is 35.7. The normalized spacial score (nSPS) is 17.8. The summed E-state index contributed by atoms with van der Waals surface area (Å²) in [5, 5.41) is 17.3. The Bertz CT molecular complexity index is 2680. The van der Waals surface area contributed by atoms with Crippen molar-refractivity contribution in [2.75, 3.05) is 72.9 Å². The number of nitrogens with two attached hydrogens (primary N) is 1. The van der Waals surface area contributed by atoms with Crippen LogP contribution in [0.4, 0.5) is 11.6 Å². The van der Waals surface area contributed by atoms with Gasteiger partial charge in [-0.25, -0.2) is 4.98 Å². The number of aryl methyl sites for hydroxylation is 1. The Morgan fingerprint density at radius 3 is 2.44 bits per heavy atom. The Hall–Kier alpha value is -6.92. The van der Waals surface area contributed by atoms with Gasteiger partial charge in [0.15, 0.2) is 11.6 Å². The molecule has 6 rings (SSSR count). The molecule has 6 atom stereocenters. The van der Waals surface area contributed by atoms with Crippen LogP contribution in [-0.2, 0) is 41.7 Å². The fourth-order valence-corrected chi connectivity index (χ4v) is 9.27. The lowest BCUT2D eigenvalue weighted by molar-refractivity contribution is -0.144. The van der Waals surface area contributed by atoms with Gasteiger partial charge in [0.2, 0.25) is 23.6 Å². The largest absolute Gasteiger partial charge is 0.482 e. The zero-order valence-corrected chi connectivity index (χ0v) is 45.2. The highest BCUT2D eigenvalue weighted by Crippen LogP contribution is 2.39. The maximum absolute atomic E-state index is 14.4. The van der Waals surface area contributed by atoms with E-state index in [0.717, 1.165) is 11.1 Å². The summed E-state index contributed by atoms with van der Waals surface area (Å²) < 4.78 is 19.5. The molecule has 2 aliphatic rings. The number of nitrogens with one attached hydrogen (secondary N) is 4. The molecule has 5 amide bonds. The highest BCUT2D eigenvalue weighted by molar-refractivity contribution is 5.96. The van der Waals surface area contributed by atoms with Gasteiger partial charge in [0.25, 0.3) is 11.7 Å². The van der Waals surface area contributed by atoms with E-state index in [2.05, 4.69) is 31.1 Å². The number of ether oxygens (including phenoxy) is 3. The van der Waals surface area contributed by atoms with E-state index in [-0.39, 0.29) is 106 Å². The number of anilines is 1. The van der Waals surface area contributed by atoms with Crippen LogP contribution in [0.25, 0.3) is 16.0 Å². The first-order valence-electron chi connectivity index (χ1n) is 25.8. The van der Waals surface area contributed by atoms with Gasteiger partial charge in [-0.2, -0.15) is 4.68 Å². The number of benzene rings is 2. The summed E-state index contributed by atoms with van der Waals surface area (Å²) in [6.45, 7) is 23.8. The van der Waals surface area contributed by atoms with Crippen molar-refractivity contribution >= 4 is 41.2 Å². The van der Waals surface area contributed by atoms with E-state index >= 15 is 0 Å². The number of rotatable bonds is 21. The van der Waals surface area contributed by atoms with Crippen LogP contribution in [0.5, 0.6) is 5.75 Å². The summed E-state index contributed by atoms with van der Waals surface area (Å²) in [7, 11) is 5.06. The van der Waals surface area contributed by atoms with E-state index in [1.807, 2.05) is 84.0 Å². The zero-order valence-electron chi connectivity index (χ0n) is 45.2. The molecule has 0 spiro atoms. The number of likely N-dealkylation sites (N-methyl/N-ethyl adjacent to an activating group) is 2. The Labute approximate surface area is 441 Å². The number of hydrogen-bond donors (Lipinski definition) is 5. The predicted octanol–water partition coefficient (Wildman–Crippen LogP) is 4.96. The highest BCUT2D eigenvalue weighted by atomic mass is 16.5. The molecule has 2 aromatic carbocycles. The molecule has 4 aromatic rings. The fraction of sp³-hybridized carbons (Fsp3) is 0.527. The average molecular weight is 1030 g/mol. The first kappa shape index (κ1) is 57.4. The molecule has 75 heavy (non-hydrogen) atoms. The third-order valence-corrected chi connectivity index (χ3v) is 13.8. The Kier molecular flexibility index (Phi) is 19.9. The van der Waals surface area contributed by atoms with Crippen LogP contribution in [0, 0.1) is 18.9 Å². The molecule has 0 aliphatic carbocycles. The number of pyridine rings is 1. The molecule has 1 fully saturated rings. The fourth-order valence-electron chi connectivity index (χ4n) is 9.27. The van der Waals surface area contributed by atoms with Crippen LogP contribution in [0.2, 0.25) is 0 Å². The summed E-state index contributed by atoms with van der Waals surface area (Å²) in [6, 6.07) is 14.5. The van der Waals surface area contributed by atoms with Gasteiger partial charge in [-0.1, -0.05) is 82.3 Å². The van der Waals surface area contributed by atoms with Crippen LogP contribution >= 0.6 is 0 Å². The third-order valence-electron chi connectivity index (χ3n) is 13.8. The van der Waals surface area contributed by atoms with Gasteiger partial charge in [-0.3, -0.25) is 24.0 Å². The molecule has 2 bridgehead atoms. The lowest BCUT2D eigenvalue weighted by atomic mass is 9.85. The molecule has 404 valence electrons. The third kappa shape index (κ3) is 14.5. The quantitative estimate of drug-likeness (QED) is 0.0550. The number of carbonyl (C=O) groups excluding carboxylic acids is 5. The number of carbonyl (C=O) groups is 5. The van der Waals surface area contributed by atoms with Crippen molar-refractivity contribution in [2.45, 2.75) is 117 Å².